The molecule has 0 fully saturated rings. The number of anilines is 3. The molecule has 10 rings (SSSR count). The van der Waals surface area contributed by atoms with E-state index < -0.39 is 0 Å². The summed E-state index contributed by atoms with van der Waals surface area (Å²) in [5.41, 5.74) is 6.29. The van der Waals surface area contributed by atoms with Crippen molar-refractivity contribution in [1.82, 2.24) is 0 Å². The summed E-state index contributed by atoms with van der Waals surface area (Å²) >= 11 is 1.85. The first-order valence-electron chi connectivity index (χ1n) is 15.7. The van der Waals surface area contributed by atoms with E-state index in [2.05, 4.69) is 157 Å². The van der Waals surface area contributed by atoms with Gasteiger partial charge in [0.15, 0.2) is 5.58 Å². The number of hydrogen-bond donors (Lipinski definition) is 0. The van der Waals surface area contributed by atoms with Crippen LogP contribution in [0.3, 0.4) is 0 Å². The van der Waals surface area contributed by atoms with Gasteiger partial charge in [0.2, 0.25) is 0 Å². The lowest BCUT2D eigenvalue weighted by Crippen LogP contribution is -2.11. The van der Waals surface area contributed by atoms with Gasteiger partial charge in [-0.1, -0.05) is 109 Å². The second-order valence-corrected chi connectivity index (χ2v) is 13.2. The Bertz CT molecular complexity index is 2800. The maximum atomic E-state index is 6.85. The number of thiophene rings is 1. The fraction of sp³-hybridized carbons (Fsp3) is 0.0233. The Hall–Kier alpha value is -5.64. The third-order valence-corrected chi connectivity index (χ3v) is 10.7. The first kappa shape index (κ1) is 25.7. The molecular formula is C43H27NOS. The molecule has 2 aromatic heterocycles. The molecule has 46 heavy (non-hydrogen) atoms. The van der Waals surface area contributed by atoms with Crippen LogP contribution in [0.4, 0.5) is 17.1 Å². The fourth-order valence-electron chi connectivity index (χ4n) is 7.51. The van der Waals surface area contributed by atoms with Crippen molar-refractivity contribution in [2.75, 3.05) is 4.90 Å². The molecule has 2 nitrogen and oxygen atoms in total. The molecule has 0 saturated heterocycles. The molecule has 2 heterocycles. The SMILES string of the molecule is Cc1ccccc1N(c1ccc2c3ccccc3c3ccccc3c2c1)c1cc2sc3ccccc3c2c2c1oc1ccccc12. The summed E-state index contributed by atoms with van der Waals surface area (Å²) in [7, 11) is 0. The first-order chi connectivity index (χ1) is 22.7. The average molecular weight is 606 g/mol. The van der Waals surface area contributed by atoms with Gasteiger partial charge >= 0.3 is 0 Å². The van der Waals surface area contributed by atoms with Crippen LogP contribution in [0, 0.1) is 6.92 Å². The van der Waals surface area contributed by atoms with Gasteiger partial charge < -0.3 is 9.32 Å². The van der Waals surface area contributed by atoms with E-state index in [4.69, 9.17) is 4.42 Å². The van der Waals surface area contributed by atoms with Crippen molar-refractivity contribution in [3.8, 4) is 0 Å². The van der Waals surface area contributed by atoms with Crippen LogP contribution in [0.5, 0.6) is 0 Å². The Morgan fingerprint density at radius 3 is 1.78 bits per heavy atom. The number of fused-ring (bicyclic) bond motifs is 13. The van der Waals surface area contributed by atoms with Crippen molar-refractivity contribution in [2.24, 2.45) is 0 Å². The maximum Gasteiger partial charge on any atom is 0.160 e. The van der Waals surface area contributed by atoms with Gasteiger partial charge in [0.25, 0.3) is 0 Å². The highest BCUT2D eigenvalue weighted by Gasteiger charge is 2.25. The maximum absolute atomic E-state index is 6.85. The Kier molecular flexibility index (Phi) is 5.40. The standard InChI is InChI=1S/C43H27NOS/c1-26-12-2-9-19-36(26)44(27-22-23-32-30-15-4-3-13-28(30)29-14-5-6-16-31(29)35(32)24-27)37-25-40-41(34-18-8-11-21-39(34)46-40)42-33-17-7-10-20-38(33)45-43(37)42/h2-25H,1H3. The van der Waals surface area contributed by atoms with E-state index in [1.54, 1.807) is 0 Å². The Labute approximate surface area is 269 Å². The quantitative estimate of drug-likeness (QED) is 0.186. The molecule has 0 unspecified atom stereocenters. The first-order valence-corrected chi connectivity index (χ1v) is 16.5. The minimum absolute atomic E-state index is 0.905. The molecule has 0 amide bonds. The number of benzene rings is 8. The highest BCUT2D eigenvalue weighted by atomic mass is 32.1. The molecule has 0 bridgehead atoms. The predicted octanol–water partition coefficient (Wildman–Crippen LogP) is 13.2. The van der Waals surface area contributed by atoms with Gasteiger partial charge in [-0.2, -0.15) is 0 Å². The zero-order valence-electron chi connectivity index (χ0n) is 25.1. The summed E-state index contributed by atoms with van der Waals surface area (Å²) in [5.74, 6) is 0. The Balaban J connectivity index is 1.36. The summed E-state index contributed by atoms with van der Waals surface area (Å²) in [4.78, 5) is 2.41. The molecule has 0 aliphatic carbocycles. The van der Waals surface area contributed by atoms with E-state index >= 15 is 0 Å². The van der Waals surface area contributed by atoms with Crippen LogP contribution in [0.2, 0.25) is 0 Å². The van der Waals surface area contributed by atoms with Crippen molar-refractivity contribution in [3.63, 3.8) is 0 Å². The van der Waals surface area contributed by atoms with Crippen molar-refractivity contribution in [1.29, 1.82) is 0 Å². The normalized spacial score (nSPS) is 12.0. The zero-order valence-corrected chi connectivity index (χ0v) is 25.9. The number of hydrogen-bond acceptors (Lipinski definition) is 3. The minimum Gasteiger partial charge on any atom is -0.454 e. The number of aryl methyl sites for hydroxylation is 1. The fourth-order valence-corrected chi connectivity index (χ4v) is 8.66. The van der Waals surface area contributed by atoms with Crippen LogP contribution in [0.25, 0.3) is 74.4 Å². The lowest BCUT2D eigenvalue weighted by molar-refractivity contribution is 0.669. The van der Waals surface area contributed by atoms with E-state index in [1.165, 1.54) is 63.4 Å². The van der Waals surface area contributed by atoms with E-state index in [1.807, 2.05) is 11.3 Å². The van der Waals surface area contributed by atoms with Crippen molar-refractivity contribution >= 4 is 103 Å². The molecule has 10 aromatic rings. The van der Waals surface area contributed by atoms with Crippen LogP contribution < -0.4 is 4.90 Å². The van der Waals surface area contributed by atoms with Gasteiger partial charge in [0.05, 0.1) is 5.69 Å². The van der Waals surface area contributed by atoms with Gasteiger partial charge in [-0.25, -0.2) is 0 Å². The molecular weight excluding hydrogens is 579 g/mol. The lowest BCUT2D eigenvalue weighted by atomic mass is 9.94. The number of furan rings is 1. The number of nitrogens with zero attached hydrogens (tertiary/aromatic N) is 1. The molecule has 0 atom stereocenters. The zero-order chi connectivity index (χ0) is 30.4. The second-order valence-electron chi connectivity index (χ2n) is 12.1. The van der Waals surface area contributed by atoms with Crippen LogP contribution in [-0.4, -0.2) is 0 Å². The highest BCUT2D eigenvalue weighted by Crippen LogP contribution is 2.50. The third-order valence-electron chi connectivity index (χ3n) is 9.55. The van der Waals surface area contributed by atoms with Crippen molar-refractivity contribution in [3.05, 3.63) is 151 Å². The smallest absolute Gasteiger partial charge is 0.160 e. The van der Waals surface area contributed by atoms with E-state index in [9.17, 15) is 0 Å². The summed E-state index contributed by atoms with van der Waals surface area (Å²) in [6.07, 6.45) is 0. The predicted molar refractivity (Wildman–Crippen MR) is 199 cm³/mol. The summed E-state index contributed by atoms with van der Waals surface area (Å²) in [6, 6.07) is 52.7. The topological polar surface area (TPSA) is 16.4 Å². The molecule has 0 aliphatic heterocycles. The van der Waals surface area contributed by atoms with E-state index in [0.29, 0.717) is 0 Å². The molecule has 3 heteroatoms. The molecule has 0 spiro atoms. The molecule has 0 aliphatic rings. The summed E-state index contributed by atoms with van der Waals surface area (Å²) < 4.78 is 9.39. The third kappa shape index (κ3) is 3.58. The van der Waals surface area contributed by atoms with Gasteiger partial charge in [0, 0.05) is 42.3 Å². The van der Waals surface area contributed by atoms with Crippen LogP contribution >= 0.6 is 11.3 Å². The van der Waals surface area contributed by atoms with E-state index in [-0.39, 0.29) is 0 Å². The highest BCUT2D eigenvalue weighted by molar-refractivity contribution is 7.26. The van der Waals surface area contributed by atoms with Crippen LogP contribution in [-0.2, 0) is 0 Å². The Morgan fingerprint density at radius 1 is 0.457 bits per heavy atom. The molecule has 0 radical (unpaired) electrons. The number of para-hydroxylation sites is 2. The van der Waals surface area contributed by atoms with Gasteiger partial charge in [0.1, 0.15) is 5.58 Å². The lowest BCUT2D eigenvalue weighted by Gasteiger charge is -2.28. The van der Waals surface area contributed by atoms with Gasteiger partial charge in [-0.3, -0.25) is 0 Å². The Morgan fingerprint density at radius 2 is 1.04 bits per heavy atom. The second kappa shape index (κ2) is 9.68. The van der Waals surface area contributed by atoms with Crippen molar-refractivity contribution in [2.45, 2.75) is 6.92 Å². The van der Waals surface area contributed by atoms with Gasteiger partial charge in [-0.15, -0.1) is 11.3 Å². The van der Waals surface area contributed by atoms with Crippen LogP contribution in [0.1, 0.15) is 5.56 Å². The van der Waals surface area contributed by atoms with Crippen LogP contribution in [0.15, 0.2) is 150 Å². The van der Waals surface area contributed by atoms with Gasteiger partial charge in [-0.05, 0) is 81.2 Å². The number of rotatable bonds is 3. The van der Waals surface area contributed by atoms with E-state index in [0.717, 1.165) is 33.6 Å². The molecule has 216 valence electrons. The largest absolute Gasteiger partial charge is 0.454 e. The summed E-state index contributed by atoms with van der Waals surface area (Å²) in [6.45, 7) is 2.19. The average Bonchev–Trinajstić information content (AvgIpc) is 3.68. The molecule has 0 N–H and O–H groups in total. The minimum atomic E-state index is 0.905. The monoisotopic (exact) mass is 605 g/mol. The van der Waals surface area contributed by atoms with Crippen molar-refractivity contribution < 1.29 is 4.42 Å². The molecule has 8 aromatic carbocycles. The molecule has 0 saturated carbocycles. The summed E-state index contributed by atoms with van der Waals surface area (Å²) in [5, 5.41) is 12.5.